The zero-order valence-electron chi connectivity index (χ0n) is 15.7. The molecule has 27 heavy (non-hydrogen) atoms. The van der Waals surface area contributed by atoms with Gasteiger partial charge in [-0.25, -0.2) is 8.78 Å². The van der Waals surface area contributed by atoms with Crippen LogP contribution in [0.3, 0.4) is 0 Å². The number of fused-ring (bicyclic) bond motifs is 2. The summed E-state index contributed by atoms with van der Waals surface area (Å²) in [6.45, 7) is 5.82. The first kappa shape index (κ1) is 17.3. The van der Waals surface area contributed by atoms with Crippen molar-refractivity contribution in [3.05, 3.63) is 52.9 Å². The fourth-order valence-electron chi connectivity index (χ4n) is 5.69. The summed E-state index contributed by atoms with van der Waals surface area (Å²) in [5.74, 6) is -0.738. The van der Waals surface area contributed by atoms with Crippen molar-refractivity contribution in [2.75, 3.05) is 19.6 Å². The third-order valence-corrected chi connectivity index (χ3v) is 6.89. The molecule has 1 N–H and O–H groups in total. The lowest BCUT2D eigenvalue weighted by atomic mass is 9.75. The van der Waals surface area contributed by atoms with Crippen LogP contribution in [-0.4, -0.2) is 51.7 Å². The summed E-state index contributed by atoms with van der Waals surface area (Å²) in [6, 6.07) is 7.46. The highest BCUT2D eigenvalue weighted by atomic mass is 19.2. The molecule has 144 valence electrons. The van der Waals surface area contributed by atoms with Gasteiger partial charge in [-0.3, -0.25) is 14.9 Å². The molecule has 1 aromatic heterocycles. The lowest BCUT2D eigenvalue weighted by Crippen LogP contribution is -2.60. The van der Waals surface area contributed by atoms with Crippen LogP contribution in [0.4, 0.5) is 8.78 Å². The molecule has 0 amide bonds. The molecular formula is C21H26F2N4. The van der Waals surface area contributed by atoms with Crippen LogP contribution in [0.15, 0.2) is 24.3 Å². The van der Waals surface area contributed by atoms with E-state index in [4.69, 9.17) is 0 Å². The molecule has 5 heterocycles. The van der Waals surface area contributed by atoms with Gasteiger partial charge in [-0.05, 0) is 56.0 Å². The van der Waals surface area contributed by atoms with E-state index < -0.39 is 11.6 Å². The predicted molar refractivity (Wildman–Crippen MR) is 99.3 cm³/mol. The van der Waals surface area contributed by atoms with Crippen molar-refractivity contribution in [1.82, 2.24) is 20.0 Å². The number of hydrogen-bond donors (Lipinski definition) is 1. The molecule has 6 rings (SSSR count). The molecule has 3 atom stereocenters. The van der Waals surface area contributed by atoms with Gasteiger partial charge in [-0.2, -0.15) is 5.10 Å². The number of piperidine rings is 3. The quantitative estimate of drug-likeness (QED) is 0.894. The van der Waals surface area contributed by atoms with E-state index in [2.05, 4.69) is 33.0 Å². The summed E-state index contributed by atoms with van der Waals surface area (Å²) in [6.07, 6.45) is 3.33. The third-order valence-electron chi connectivity index (χ3n) is 6.89. The van der Waals surface area contributed by atoms with Crippen molar-refractivity contribution in [1.29, 1.82) is 0 Å². The summed E-state index contributed by atoms with van der Waals surface area (Å²) in [7, 11) is 0. The van der Waals surface area contributed by atoms with E-state index in [0.717, 1.165) is 44.0 Å². The number of H-pyrrole nitrogens is 1. The molecule has 0 radical (unpaired) electrons. The standard InChI is InChI=1S/C21H26F2N4/c1-2-14-10-15(25-24-14)11-27-12-17(16-4-3-5-18(22)19(16)23)21-20(27)13-6-8-26(21)9-7-13/h3-5,10,13,17,20-21H,2,6-9,11-12H2,1H3,(H,24,25)/t17-,20+,21+/m1/s1. The van der Waals surface area contributed by atoms with E-state index in [0.29, 0.717) is 17.5 Å². The average Bonchev–Trinajstić information content (AvgIpc) is 3.31. The number of likely N-dealkylation sites (tertiary alicyclic amines) is 1. The highest BCUT2D eigenvalue weighted by molar-refractivity contribution is 5.29. The Morgan fingerprint density at radius 2 is 2.00 bits per heavy atom. The molecule has 2 aromatic rings. The molecule has 6 heteroatoms. The van der Waals surface area contributed by atoms with Gasteiger partial charge >= 0.3 is 0 Å². The number of halogens is 2. The minimum atomic E-state index is -0.736. The number of nitrogens with zero attached hydrogens (tertiary/aromatic N) is 3. The van der Waals surface area contributed by atoms with E-state index in [1.165, 1.54) is 18.9 Å². The zero-order chi connectivity index (χ0) is 18.5. The molecule has 0 spiro atoms. The van der Waals surface area contributed by atoms with Gasteiger partial charge < -0.3 is 0 Å². The van der Waals surface area contributed by atoms with Crippen LogP contribution in [0.25, 0.3) is 0 Å². The zero-order valence-corrected chi connectivity index (χ0v) is 15.7. The largest absolute Gasteiger partial charge is 0.298 e. The second kappa shape index (κ2) is 6.67. The highest BCUT2D eigenvalue weighted by Gasteiger charge is 2.53. The van der Waals surface area contributed by atoms with Crippen molar-refractivity contribution in [2.45, 2.75) is 50.7 Å². The average molecular weight is 372 g/mol. The van der Waals surface area contributed by atoms with E-state index >= 15 is 0 Å². The van der Waals surface area contributed by atoms with Gasteiger partial charge in [0.15, 0.2) is 11.6 Å². The predicted octanol–water partition coefficient (Wildman–Crippen LogP) is 3.31. The summed E-state index contributed by atoms with van der Waals surface area (Å²) in [4.78, 5) is 5.01. The Balaban J connectivity index is 1.49. The molecule has 4 nitrogen and oxygen atoms in total. The fraction of sp³-hybridized carbons (Fsp3) is 0.571. The van der Waals surface area contributed by atoms with Crippen molar-refractivity contribution in [2.24, 2.45) is 5.92 Å². The Kier molecular flexibility index (Phi) is 4.28. The Bertz CT molecular complexity index is 827. The lowest BCUT2D eigenvalue weighted by Gasteiger charge is -2.51. The van der Waals surface area contributed by atoms with Crippen molar-refractivity contribution in [3.63, 3.8) is 0 Å². The molecule has 4 saturated heterocycles. The smallest absolute Gasteiger partial charge is 0.162 e. The van der Waals surface area contributed by atoms with E-state index in [9.17, 15) is 8.78 Å². The minimum Gasteiger partial charge on any atom is -0.298 e. The number of nitrogens with one attached hydrogen (secondary N) is 1. The van der Waals surface area contributed by atoms with Gasteiger partial charge in [0.1, 0.15) is 0 Å². The van der Waals surface area contributed by atoms with Gasteiger partial charge in [-0.15, -0.1) is 0 Å². The Morgan fingerprint density at radius 3 is 2.74 bits per heavy atom. The fourth-order valence-corrected chi connectivity index (χ4v) is 5.69. The second-order valence-electron chi connectivity index (χ2n) is 8.27. The summed E-state index contributed by atoms with van der Waals surface area (Å²) < 4.78 is 28.5. The lowest BCUT2D eigenvalue weighted by molar-refractivity contribution is -0.00917. The molecule has 1 aromatic carbocycles. The Hall–Kier alpha value is -1.79. The number of aryl methyl sites for hydroxylation is 1. The SMILES string of the molecule is CCc1cc(CN2C[C@H](c3cccc(F)c3F)[C@H]3[C@@H]2C2CCN3CC2)[nH]n1. The van der Waals surface area contributed by atoms with Crippen LogP contribution in [0.5, 0.6) is 0 Å². The molecule has 0 saturated carbocycles. The van der Waals surface area contributed by atoms with Gasteiger partial charge in [0, 0.05) is 36.8 Å². The number of aromatic nitrogens is 2. The van der Waals surface area contributed by atoms with Gasteiger partial charge in [0.2, 0.25) is 0 Å². The van der Waals surface area contributed by atoms with E-state index in [1.54, 1.807) is 12.1 Å². The molecular weight excluding hydrogens is 346 g/mol. The van der Waals surface area contributed by atoms with Crippen LogP contribution in [0.1, 0.15) is 42.6 Å². The van der Waals surface area contributed by atoms with Crippen molar-refractivity contribution in [3.8, 4) is 0 Å². The molecule has 4 aliphatic heterocycles. The number of benzene rings is 1. The molecule has 4 aliphatic rings. The van der Waals surface area contributed by atoms with Crippen molar-refractivity contribution < 1.29 is 8.78 Å². The summed E-state index contributed by atoms with van der Waals surface area (Å²) >= 11 is 0. The molecule has 2 bridgehead atoms. The monoisotopic (exact) mass is 372 g/mol. The normalized spacial score (nSPS) is 32.8. The maximum Gasteiger partial charge on any atom is 0.162 e. The first-order valence-electron chi connectivity index (χ1n) is 10.1. The summed E-state index contributed by atoms with van der Waals surface area (Å²) in [5, 5.41) is 7.52. The Morgan fingerprint density at radius 1 is 1.19 bits per heavy atom. The van der Waals surface area contributed by atoms with Crippen molar-refractivity contribution >= 4 is 0 Å². The molecule has 4 fully saturated rings. The molecule has 0 unspecified atom stereocenters. The second-order valence-corrected chi connectivity index (χ2v) is 8.27. The number of hydrogen-bond acceptors (Lipinski definition) is 3. The van der Waals surface area contributed by atoms with Crippen LogP contribution in [0.2, 0.25) is 0 Å². The van der Waals surface area contributed by atoms with Gasteiger partial charge in [0.05, 0.1) is 5.69 Å². The van der Waals surface area contributed by atoms with Gasteiger partial charge in [-0.1, -0.05) is 19.1 Å². The minimum absolute atomic E-state index is 0.0161. The van der Waals surface area contributed by atoms with Crippen LogP contribution in [0, 0.1) is 17.6 Å². The topological polar surface area (TPSA) is 35.2 Å². The van der Waals surface area contributed by atoms with Crippen LogP contribution >= 0.6 is 0 Å². The van der Waals surface area contributed by atoms with E-state index in [-0.39, 0.29) is 12.0 Å². The number of aromatic amines is 1. The Labute approximate surface area is 158 Å². The highest BCUT2D eigenvalue weighted by Crippen LogP contribution is 2.47. The maximum atomic E-state index is 14.6. The van der Waals surface area contributed by atoms with Crippen LogP contribution < -0.4 is 0 Å². The van der Waals surface area contributed by atoms with E-state index in [1.807, 2.05) is 0 Å². The first-order valence-corrected chi connectivity index (χ1v) is 10.1. The first-order chi connectivity index (χ1) is 13.2. The molecule has 0 aliphatic carbocycles. The number of rotatable bonds is 4. The van der Waals surface area contributed by atoms with Gasteiger partial charge in [0.25, 0.3) is 0 Å². The maximum absolute atomic E-state index is 14.6. The van der Waals surface area contributed by atoms with Crippen LogP contribution in [-0.2, 0) is 13.0 Å². The summed E-state index contributed by atoms with van der Waals surface area (Å²) in [5.41, 5.74) is 2.73. The third kappa shape index (κ3) is 2.81.